The minimum absolute atomic E-state index is 0.0628. The lowest BCUT2D eigenvalue weighted by Gasteiger charge is -2.38. The third-order valence-electron chi connectivity index (χ3n) is 6.51. The van der Waals surface area contributed by atoms with Crippen LogP contribution < -0.4 is 5.32 Å². The van der Waals surface area contributed by atoms with E-state index in [-0.39, 0.29) is 30.1 Å². The first-order valence-electron chi connectivity index (χ1n) is 11.2. The van der Waals surface area contributed by atoms with Gasteiger partial charge in [0.1, 0.15) is 16.3 Å². The highest BCUT2D eigenvalue weighted by Gasteiger charge is 2.51. The molecule has 2 aliphatic rings. The molecular formula is C24H27N5O3S. The van der Waals surface area contributed by atoms with E-state index in [2.05, 4.69) is 32.6 Å². The fraction of sp³-hybridized carbons (Fsp3) is 0.417. The first kappa shape index (κ1) is 21.6. The van der Waals surface area contributed by atoms with E-state index in [4.69, 9.17) is 4.74 Å². The van der Waals surface area contributed by atoms with Crippen LogP contribution in [0.15, 0.2) is 48.0 Å². The number of cyclic esters (lactones) is 1. The lowest BCUT2D eigenvalue weighted by molar-refractivity contribution is 0.0663. The maximum atomic E-state index is 12.8. The third kappa shape index (κ3) is 4.25. The van der Waals surface area contributed by atoms with Crippen LogP contribution in [0.5, 0.6) is 0 Å². The number of benzene rings is 1. The fourth-order valence-corrected chi connectivity index (χ4v) is 5.74. The molecule has 0 radical (unpaired) electrons. The van der Waals surface area contributed by atoms with E-state index in [1.165, 1.54) is 11.3 Å². The predicted octanol–water partition coefficient (Wildman–Crippen LogP) is 4.55. The summed E-state index contributed by atoms with van der Waals surface area (Å²) in [5, 5.41) is 12.4. The van der Waals surface area contributed by atoms with Gasteiger partial charge in [0.2, 0.25) is 0 Å². The van der Waals surface area contributed by atoms with Crippen molar-refractivity contribution < 1.29 is 14.3 Å². The zero-order valence-electron chi connectivity index (χ0n) is 18.7. The highest BCUT2D eigenvalue weighted by atomic mass is 32.1. The Morgan fingerprint density at radius 3 is 2.64 bits per heavy atom. The molecule has 33 heavy (non-hydrogen) atoms. The second-order valence-electron chi connectivity index (χ2n) is 9.18. The number of aromatic nitrogens is 3. The molecule has 1 aromatic carbocycles. The maximum absolute atomic E-state index is 12.8. The molecule has 1 aliphatic heterocycles. The van der Waals surface area contributed by atoms with Crippen LogP contribution in [0, 0.1) is 0 Å². The summed E-state index contributed by atoms with van der Waals surface area (Å²) in [5.41, 5.74) is 1.70. The van der Waals surface area contributed by atoms with Crippen LogP contribution in [0.2, 0.25) is 0 Å². The number of H-pyrrole nitrogens is 1. The van der Waals surface area contributed by atoms with Crippen molar-refractivity contribution in [3.63, 3.8) is 0 Å². The van der Waals surface area contributed by atoms with Crippen molar-refractivity contribution in [3.05, 3.63) is 59.2 Å². The molecule has 0 bridgehead atoms. The van der Waals surface area contributed by atoms with Gasteiger partial charge in [-0.15, -0.1) is 11.3 Å². The maximum Gasteiger partial charge on any atom is 0.411 e. The third-order valence-corrected chi connectivity index (χ3v) is 7.38. The SMILES string of the molecule is CC1(C)OC(=O)N(C2CCC(NC(=O)c3csc(-c4ccn[nH]4)n3)CC2)[C@H]1c1ccccc1. The van der Waals surface area contributed by atoms with Crippen molar-refractivity contribution in [2.24, 2.45) is 0 Å². The smallest absolute Gasteiger partial charge is 0.411 e. The quantitative estimate of drug-likeness (QED) is 0.576. The largest absolute Gasteiger partial charge is 0.441 e. The number of carbonyl (C=O) groups is 2. The van der Waals surface area contributed by atoms with Crippen LogP contribution in [-0.2, 0) is 4.74 Å². The molecule has 1 saturated heterocycles. The topological polar surface area (TPSA) is 100 Å². The molecule has 1 aliphatic carbocycles. The highest BCUT2D eigenvalue weighted by Crippen LogP contribution is 2.44. The monoisotopic (exact) mass is 465 g/mol. The van der Waals surface area contributed by atoms with Crippen LogP contribution >= 0.6 is 11.3 Å². The molecule has 1 saturated carbocycles. The van der Waals surface area contributed by atoms with E-state index in [1.807, 2.05) is 43.0 Å². The standard InChI is InChI=1S/C24H27N5O3S/c1-24(2)20(15-6-4-3-5-7-15)29(23(31)32-24)17-10-8-16(9-11-17)26-21(30)19-14-33-22(27-19)18-12-13-25-28-18/h3-7,12-14,16-17,20H,8-11H2,1-2H3,(H,25,28)(H,26,30)/t16?,17?,20-/m0/s1. The van der Waals surface area contributed by atoms with Crippen molar-refractivity contribution in [2.45, 2.75) is 63.3 Å². The molecule has 172 valence electrons. The Kier molecular flexibility index (Phi) is 5.65. The Bertz CT molecular complexity index is 1120. The summed E-state index contributed by atoms with van der Waals surface area (Å²) in [7, 11) is 0. The summed E-state index contributed by atoms with van der Waals surface area (Å²) >= 11 is 1.41. The number of nitrogens with zero attached hydrogens (tertiary/aromatic N) is 3. The fourth-order valence-electron chi connectivity index (χ4n) is 4.97. The number of thiazole rings is 1. The second-order valence-corrected chi connectivity index (χ2v) is 10.0. The van der Waals surface area contributed by atoms with E-state index in [0.717, 1.165) is 41.9 Å². The van der Waals surface area contributed by atoms with Crippen molar-refractivity contribution >= 4 is 23.3 Å². The minimum atomic E-state index is -0.597. The molecule has 3 aromatic rings. The molecule has 9 heteroatoms. The molecule has 2 N–H and O–H groups in total. The van der Waals surface area contributed by atoms with Crippen molar-refractivity contribution in [1.82, 2.24) is 25.4 Å². The number of amides is 2. The Morgan fingerprint density at radius 2 is 1.94 bits per heavy atom. The second kappa shape index (κ2) is 8.62. The summed E-state index contributed by atoms with van der Waals surface area (Å²) in [6.07, 6.45) is 4.65. The van der Waals surface area contributed by atoms with Crippen molar-refractivity contribution in [3.8, 4) is 10.7 Å². The van der Waals surface area contributed by atoms with Gasteiger partial charge in [0.25, 0.3) is 5.91 Å². The van der Waals surface area contributed by atoms with Crippen LogP contribution in [0.3, 0.4) is 0 Å². The van der Waals surface area contributed by atoms with Crippen molar-refractivity contribution in [1.29, 1.82) is 0 Å². The molecule has 2 aromatic heterocycles. The number of aromatic amines is 1. The van der Waals surface area contributed by atoms with Gasteiger partial charge in [0.05, 0.1) is 11.7 Å². The van der Waals surface area contributed by atoms with Gasteiger partial charge < -0.3 is 10.1 Å². The number of rotatable bonds is 5. The van der Waals surface area contributed by atoms with E-state index >= 15 is 0 Å². The van der Waals surface area contributed by atoms with E-state index in [0.29, 0.717) is 5.69 Å². The summed E-state index contributed by atoms with van der Waals surface area (Å²) < 4.78 is 5.77. The van der Waals surface area contributed by atoms with Gasteiger partial charge in [0.15, 0.2) is 0 Å². The lowest BCUT2D eigenvalue weighted by atomic mass is 9.86. The molecule has 0 unspecified atom stereocenters. The Balaban J connectivity index is 1.22. The number of ether oxygens (including phenoxy) is 1. The van der Waals surface area contributed by atoms with Gasteiger partial charge in [-0.1, -0.05) is 30.3 Å². The first-order valence-corrected chi connectivity index (χ1v) is 12.1. The van der Waals surface area contributed by atoms with Gasteiger partial charge in [-0.05, 0) is 51.2 Å². The molecular weight excluding hydrogens is 438 g/mol. The Labute approximate surface area is 196 Å². The van der Waals surface area contributed by atoms with Crippen LogP contribution in [0.4, 0.5) is 4.79 Å². The molecule has 1 atom stereocenters. The normalized spacial score (nSPS) is 24.5. The molecule has 2 fully saturated rings. The predicted molar refractivity (Wildman–Crippen MR) is 125 cm³/mol. The highest BCUT2D eigenvalue weighted by molar-refractivity contribution is 7.13. The Morgan fingerprint density at radius 1 is 1.18 bits per heavy atom. The molecule has 5 rings (SSSR count). The van der Waals surface area contributed by atoms with Gasteiger partial charge in [0, 0.05) is 23.7 Å². The zero-order chi connectivity index (χ0) is 23.0. The molecule has 0 spiro atoms. The average molecular weight is 466 g/mol. The van der Waals surface area contributed by atoms with Gasteiger partial charge >= 0.3 is 6.09 Å². The van der Waals surface area contributed by atoms with Crippen LogP contribution in [0.25, 0.3) is 10.7 Å². The van der Waals surface area contributed by atoms with E-state index in [1.54, 1.807) is 11.6 Å². The number of hydrogen-bond acceptors (Lipinski definition) is 6. The van der Waals surface area contributed by atoms with Crippen molar-refractivity contribution in [2.75, 3.05) is 0 Å². The van der Waals surface area contributed by atoms with Gasteiger partial charge in [-0.2, -0.15) is 5.10 Å². The average Bonchev–Trinajstić information content (AvgIpc) is 3.53. The Hall–Kier alpha value is -3.20. The van der Waals surface area contributed by atoms with Gasteiger partial charge in [-0.3, -0.25) is 14.8 Å². The van der Waals surface area contributed by atoms with E-state index < -0.39 is 5.60 Å². The lowest BCUT2D eigenvalue weighted by Crippen LogP contribution is -2.46. The summed E-state index contributed by atoms with van der Waals surface area (Å²) in [4.78, 5) is 31.9. The number of nitrogens with one attached hydrogen (secondary N) is 2. The number of carbonyl (C=O) groups excluding carboxylic acids is 2. The molecule has 3 heterocycles. The summed E-state index contributed by atoms with van der Waals surface area (Å²) in [6.45, 7) is 3.94. The minimum Gasteiger partial charge on any atom is -0.441 e. The molecule has 8 nitrogen and oxygen atoms in total. The summed E-state index contributed by atoms with van der Waals surface area (Å²) in [6, 6.07) is 11.9. The van der Waals surface area contributed by atoms with Gasteiger partial charge in [-0.25, -0.2) is 9.78 Å². The van der Waals surface area contributed by atoms with Crippen LogP contribution in [0.1, 0.15) is 61.6 Å². The number of hydrogen-bond donors (Lipinski definition) is 2. The summed E-state index contributed by atoms with van der Waals surface area (Å²) in [5.74, 6) is -0.163. The van der Waals surface area contributed by atoms with E-state index in [9.17, 15) is 9.59 Å². The zero-order valence-corrected chi connectivity index (χ0v) is 19.5. The van der Waals surface area contributed by atoms with Crippen LogP contribution in [-0.4, -0.2) is 49.8 Å². The first-order chi connectivity index (χ1) is 15.9. The molecule has 2 amide bonds.